The normalized spacial score (nSPS) is 15.0. The van der Waals surface area contributed by atoms with Gasteiger partial charge in [0.2, 0.25) is 0 Å². The van der Waals surface area contributed by atoms with Crippen LogP contribution in [0.3, 0.4) is 0 Å². The molecule has 1 atom stereocenters. The van der Waals surface area contributed by atoms with E-state index in [0.29, 0.717) is 0 Å². The predicted molar refractivity (Wildman–Crippen MR) is 40.2 cm³/mol. The minimum Gasteiger partial charge on any atom is -0.402 e. The van der Waals surface area contributed by atoms with Crippen LogP contribution in [0, 0.1) is 5.41 Å². The van der Waals surface area contributed by atoms with Gasteiger partial charge in [-0.05, 0) is 12.3 Å². The van der Waals surface area contributed by atoms with E-state index in [-0.39, 0.29) is 11.5 Å². The van der Waals surface area contributed by atoms with E-state index >= 15 is 0 Å². The topological polar surface area (TPSA) is 49.7 Å². The third-order valence-corrected chi connectivity index (χ3v) is 1.55. The van der Waals surface area contributed by atoms with Crippen LogP contribution in [0.25, 0.3) is 0 Å². The van der Waals surface area contributed by atoms with Gasteiger partial charge in [0.05, 0.1) is 0 Å². The molecule has 0 amide bonds. The molecular formula is C6H15BO3. The fraction of sp³-hybridized carbons (Fsp3) is 1.00. The van der Waals surface area contributed by atoms with Crippen molar-refractivity contribution in [2.45, 2.75) is 33.8 Å². The molecule has 2 N–H and O–H groups in total. The van der Waals surface area contributed by atoms with Crippen LogP contribution in [-0.4, -0.2) is 23.5 Å². The Hall–Kier alpha value is -0.0551. The lowest BCUT2D eigenvalue weighted by atomic mass is 9.89. The highest BCUT2D eigenvalue weighted by Gasteiger charge is 2.24. The first kappa shape index (κ1) is 9.94. The van der Waals surface area contributed by atoms with E-state index in [9.17, 15) is 0 Å². The van der Waals surface area contributed by atoms with E-state index < -0.39 is 7.32 Å². The number of rotatable bonds is 2. The molecule has 0 radical (unpaired) electrons. The third-order valence-electron chi connectivity index (χ3n) is 1.55. The zero-order valence-corrected chi connectivity index (χ0v) is 6.96. The lowest BCUT2D eigenvalue weighted by Crippen LogP contribution is -2.33. The molecule has 0 heterocycles. The van der Waals surface area contributed by atoms with Crippen LogP contribution in [0.4, 0.5) is 0 Å². The van der Waals surface area contributed by atoms with Crippen molar-refractivity contribution in [2.75, 3.05) is 0 Å². The van der Waals surface area contributed by atoms with Gasteiger partial charge in [-0.15, -0.1) is 0 Å². The molecular weight excluding hydrogens is 131 g/mol. The summed E-state index contributed by atoms with van der Waals surface area (Å²) in [4.78, 5) is 0. The van der Waals surface area contributed by atoms with Crippen LogP contribution in [0.15, 0.2) is 0 Å². The molecule has 0 aromatic heterocycles. The Morgan fingerprint density at radius 1 is 1.30 bits per heavy atom. The summed E-state index contributed by atoms with van der Waals surface area (Å²) in [5.74, 6) is 0. The molecule has 0 rings (SSSR count). The number of hydrogen-bond acceptors (Lipinski definition) is 3. The minimum absolute atomic E-state index is 0.0519. The molecule has 1 unspecified atom stereocenters. The molecule has 0 aliphatic rings. The maximum absolute atomic E-state index is 8.42. The molecule has 0 spiro atoms. The van der Waals surface area contributed by atoms with Crippen LogP contribution in [0.5, 0.6) is 0 Å². The fourth-order valence-electron chi connectivity index (χ4n) is 0.387. The molecule has 0 aliphatic heterocycles. The zero-order valence-electron chi connectivity index (χ0n) is 6.96. The first-order valence-electron chi connectivity index (χ1n) is 3.35. The Kier molecular flexibility index (Phi) is 3.35. The second kappa shape index (κ2) is 3.37. The number of hydrogen-bond donors (Lipinski definition) is 2. The van der Waals surface area contributed by atoms with Gasteiger partial charge >= 0.3 is 7.32 Å². The molecule has 0 saturated heterocycles. The largest absolute Gasteiger partial charge is 0.634 e. The molecule has 0 fully saturated rings. The average molecular weight is 146 g/mol. The van der Waals surface area contributed by atoms with E-state index in [4.69, 9.17) is 14.7 Å². The van der Waals surface area contributed by atoms with Gasteiger partial charge in [0.15, 0.2) is 0 Å². The molecule has 0 aromatic rings. The lowest BCUT2D eigenvalue weighted by Gasteiger charge is -2.27. The Labute approximate surface area is 62.2 Å². The van der Waals surface area contributed by atoms with Gasteiger partial charge in [0, 0.05) is 6.10 Å². The second-order valence-electron chi connectivity index (χ2n) is 3.47. The Morgan fingerprint density at radius 2 is 1.70 bits per heavy atom. The summed E-state index contributed by atoms with van der Waals surface area (Å²) >= 11 is 0. The lowest BCUT2D eigenvalue weighted by molar-refractivity contribution is 0.0534. The minimum atomic E-state index is -1.66. The first-order valence-corrected chi connectivity index (χ1v) is 3.35. The van der Waals surface area contributed by atoms with E-state index in [1.807, 2.05) is 20.8 Å². The van der Waals surface area contributed by atoms with Crippen molar-refractivity contribution in [3.8, 4) is 0 Å². The van der Waals surface area contributed by atoms with Crippen LogP contribution >= 0.6 is 0 Å². The first-order chi connectivity index (χ1) is 4.34. The van der Waals surface area contributed by atoms with Crippen molar-refractivity contribution in [3.63, 3.8) is 0 Å². The summed E-state index contributed by atoms with van der Waals surface area (Å²) in [5.41, 5.74) is -0.0519. The highest BCUT2D eigenvalue weighted by Crippen LogP contribution is 2.21. The van der Waals surface area contributed by atoms with Gasteiger partial charge in [-0.25, -0.2) is 0 Å². The summed E-state index contributed by atoms with van der Waals surface area (Å²) in [5, 5.41) is 16.8. The van der Waals surface area contributed by atoms with Gasteiger partial charge < -0.3 is 14.7 Å². The van der Waals surface area contributed by atoms with Gasteiger partial charge in [-0.3, -0.25) is 0 Å². The van der Waals surface area contributed by atoms with Crippen LogP contribution in [0.1, 0.15) is 27.7 Å². The van der Waals surface area contributed by atoms with Crippen molar-refractivity contribution >= 4 is 7.32 Å². The van der Waals surface area contributed by atoms with Crippen molar-refractivity contribution in [1.82, 2.24) is 0 Å². The third kappa shape index (κ3) is 3.87. The zero-order chi connectivity index (χ0) is 8.36. The van der Waals surface area contributed by atoms with Crippen molar-refractivity contribution in [2.24, 2.45) is 5.41 Å². The van der Waals surface area contributed by atoms with E-state index in [1.165, 1.54) is 0 Å². The van der Waals surface area contributed by atoms with Crippen molar-refractivity contribution in [1.29, 1.82) is 0 Å². The fourth-order valence-corrected chi connectivity index (χ4v) is 0.387. The molecule has 3 nitrogen and oxygen atoms in total. The van der Waals surface area contributed by atoms with Crippen LogP contribution in [-0.2, 0) is 4.65 Å². The highest BCUT2D eigenvalue weighted by molar-refractivity contribution is 6.32. The second-order valence-corrected chi connectivity index (χ2v) is 3.47. The summed E-state index contributed by atoms with van der Waals surface area (Å²) in [7, 11) is -1.66. The highest BCUT2D eigenvalue weighted by atomic mass is 16.6. The predicted octanol–water partition coefficient (Wildman–Crippen LogP) is 0.407. The van der Waals surface area contributed by atoms with Crippen LogP contribution < -0.4 is 0 Å². The maximum atomic E-state index is 8.42. The Bertz CT molecular complexity index is 97.7. The molecule has 0 bridgehead atoms. The maximum Gasteiger partial charge on any atom is 0.634 e. The molecule has 0 saturated carbocycles. The average Bonchev–Trinajstić information content (AvgIpc) is 1.60. The molecule has 0 aromatic carbocycles. The Morgan fingerprint density at radius 3 is 1.80 bits per heavy atom. The SMILES string of the molecule is CC(OB(O)O)C(C)(C)C. The molecule has 60 valence electrons. The summed E-state index contributed by atoms with van der Waals surface area (Å²) in [6.07, 6.45) is -0.160. The standard InChI is InChI=1S/C6H15BO3/c1-5(6(2,3)4)10-7(8)9/h5,8-9H,1-4H3. The Balaban J connectivity index is 3.73. The van der Waals surface area contributed by atoms with Gasteiger partial charge in [0.1, 0.15) is 0 Å². The molecule has 0 aliphatic carbocycles. The van der Waals surface area contributed by atoms with E-state index in [0.717, 1.165) is 0 Å². The smallest absolute Gasteiger partial charge is 0.402 e. The van der Waals surface area contributed by atoms with Gasteiger partial charge in [0.25, 0.3) is 0 Å². The molecule has 10 heavy (non-hydrogen) atoms. The van der Waals surface area contributed by atoms with E-state index in [2.05, 4.69) is 0 Å². The molecule has 4 heteroatoms. The van der Waals surface area contributed by atoms with E-state index in [1.54, 1.807) is 6.92 Å². The quantitative estimate of drug-likeness (QED) is 0.554. The summed E-state index contributed by atoms with van der Waals surface area (Å²) < 4.78 is 4.73. The van der Waals surface area contributed by atoms with Gasteiger partial charge in [-0.1, -0.05) is 20.8 Å². The summed E-state index contributed by atoms with van der Waals surface area (Å²) in [6, 6.07) is 0. The van der Waals surface area contributed by atoms with Crippen LogP contribution in [0.2, 0.25) is 0 Å². The van der Waals surface area contributed by atoms with Gasteiger partial charge in [-0.2, -0.15) is 0 Å². The monoisotopic (exact) mass is 146 g/mol. The summed E-state index contributed by atoms with van der Waals surface area (Å²) in [6.45, 7) is 7.72. The van der Waals surface area contributed by atoms with Crippen molar-refractivity contribution < 1.29 is 14.7 Å². The van der Waals surface area contributed by atoms with Crippen molar-refractivity contribution in [3.05, 3.63) is 0 Å².